The molecule has 0 bridgehead atoms. The highest BCUT2D eigenvalue weighted by molar-refractivity contribution is 5.95. The molecule has 3 aromatic heterocycles. The number of nitrogens with one attached hydrogen (secondary N) is 3. The van der Waals surface area contributed by atoms with Gasteiger partial charge < -0.3 is 16.0 Å². The normalized spacial score (nSPS) is 21.2. The van der Waals surface area contributed by atoms with E-state index in [0.29, 0.717) is 48.9 Å². The van der Waals surface area contributed by atoms with Crippen LogP contribution in [0.1, 0.15) is 48.9 Å². The third-order valence-corrected chi connectivity index (χ3v) is 6.94. The van der Waals surface area contributed by atoms with Gasteiger partial charge in [-0.05, 0) is 43.9 Å². The molecule has 0 spiro atoms. The SMILES string of the molecule is O=C(NCC1CCCCC1)c1ccn2c(-c3nc(N[C@@H]4CNCC[C@H]4F)c(F)cc3F)cnc2c1. The minimum atomic E-state index is -1.16. The van der Waals surface area contributed by atoms with E-state index < -0.39 is 23.8 Å². The van der Waals surface area contributed by atoms with E-state index in [1.807, 2.05) is 0 Å². The standard InChI is InChI=1S/C25H29F3N6O/c26-17-6-8-29-13-20(17)32-24-19(28)11-18(27)23(33-24)21-14-30-22-10-16(7-9-34(21)22)25(35)31-12-15-4-2-1-3-5-15/h7,9-11,14-15,17,20,29H,1-6,8,12-13H2,(H,31,35)(H,32,33)/t17-,20-/m1/s1. The summed E-state index contributed by atoms with van der Waals surface area (Å²) in [5, 5.41) is 8.82. The highest BCUT2D eigenvalue weighted by Crippen LogP contribution is 2.27. The number of halogens is 3. The number of carbonyl (C=O) groups is 1. The van der Waals surface area contributed by atoms with Crippen molar-refractivity contribution in [1.82, 2.24) is 25.0 Å². The number of hydrogen-bond acceptors (Lipinski definition) is 5. The van der Waals surface area contributed by atoms with Crippen LogP contribution in [-0.2, 0) is 0 Å². The minimum Gasteiger partial charge on any atom is -0.361 e. The van der Waals surface area contributed by atoms with Crippen LogP contribution >= 0.6 is 0 Å². The number of rotatable bonds is 6. The molecular weight excluding hydrogens is 457 g/mol. The monoisotopic (exact) mass is 486 g/mol. The van der Waals surface area contributed by atoms with E-state index in [4.69, 9.17) is 0 Å². The topological polar surface area (TPSA) is 83.4 Å². The molecule has 7 nitrogen and oxygen atoms in total. The maximum atomic E-state index is 14.7. The highest BCUT2D eigenvalue weighted by atomic mass is 19.1. The van der Waals surface area contributed by atoms with Crippen LogP contribution in [-0.4, -0.2) is 52.1 Å². The predicted molar refractivity (Wildman–Crippen MR) is 127 cm³/mol. The van der Waals surface area contributed by atoms with Gasteiger partial charge in [-0.2, -0.15) is 0 Å². The third-order valence-electron chi connectivity index (χ3n) is 6.94. The molecule has 0 radical (unpaired) electrons. The second kappa shape index (κ2) is 10.2. The van der Waals surface area contributed by atoms with E-state index in [0.717, 1.165) is 18.9 Å². The molecule has 1 saturated heterocycles. The molecule has 3 N–H and O–H groups in total. The predicted octanol–water partition coefficient (Wildman–Crippen LogP) is 4.10. The molecule has 2 atom stereocenters. The Morgan fingerprint density at radius 3 is 2.77 bits per heavy atom. The second-order valence-electron chi connectivity index (χ2n) is 9.41. The van der Waals surface area contributed by atoms with Crippen LogP contribution in [0, 0.1) is 17.6 Å². The van der Waals surface area contributed by atoms with Crippen molar-refractivity contribution in [3.63, 3.8) is 0 Å². The average Bonchev–Trinajstić information content (AvgIpc) is 3.29. The van der Waals surface area contributed by atoms with Crippen molar-refractivity contribution in [2.75, 3.05) is 25.0 Å². The highest BCUT2D eigenvalue weighted by Gasteiger charge is 2.27. The Balaban J connectivity index is 1.36. The first-order chi connectivity index (χ1) is 17.0. The van der Waals surface area contributed by atoms with Gasteiger partial charge in [-0.15, -0.1) is 0 Å². The van der Waals surface area contributed by atoms with Crippen LogP contribution in [0.4, 0.5) is 19.0 Å². The van der Waals surface area contributed by atoms with E-state index in [-0.39, 0.29) is 17.4 Å². The molecule has 186 valence electrons. The van der Waals surface area contributed by atoms with Crippen LogP contribution in [0.5, 0.6) is 0 Å². The molecule has 0 aromatic carbocycles. The Labute approximate surface area is 201 Å². The molecule has 2 fully saturated rings. The van der Waals surface area contributed by atoms with Crippen molar-refractivity contribution in [1.29, 1.82) is 0 Å². The summed E-state index contributed by atoms with van der Waals surface area (Å²) in [7, 11) is 0. The number of nitrogens with zero attached hydrogens (tertiary/aromatic N) is 3. The van der Waals surface area contributed by atoms with E-state index in [1.165, 1.54) is 25.5 Å². The number of piperidine rings is 1. The zero-order valence-corrected chi connectivity index (χ0v) is 19.4. The van der Waals surface area contributed by atoms with Crippen LogP contribution in [0.3, 0.4) is 0 Å². The summed E-state index contributed by atoms with van der Waals surface area (Å²) in [5.74, 6) is -1.63. The van der Waals surface area contributed by atoms with E-state index >= 15 is 0 Å². The molecule has 2 aliphatic rings. The first-order valence-corrected chi connectivity index (χ1v) is 12.2. The maximum Gasteiger partial charge on any atom is 0.251 e. The Morgan fingerprint density at radius 1 is 1.14 bits per heavy atom. The largest absolute Gasteiger partial charge is 0.361 e. The molecule has 1 saturated carbocycles. The van der Waals surface area contributed by atoms with Gasteiger partial charge in [0.05, 0.1) is 17.9 Å². The summed E-state index contributed by atoms with van der Waals surface area (Å²) in [6.07, 6.45) is 8.14. The quantitative estimate of drug-likeness (QED) is 0.489. The average molecular weight is 487 g/mol. The van der Waals surface area contributed by atoms with Gasteiger partial charge in [0.1, 0.15) is 17.5 Å². The van der Waals surface area contributed by atoms with Crippen LogP contribution in [0.25, 0.3) is 17.0 Å². The fourth-order valence-electron chi connectivity index (χ4n) is 4.92. The zero-order valence-electron chi connectivity index (χ0n) is 19.4. The van der Waals surface area contributed by atoms with Gasteiger partial charge in [-0.25, -0.2) is 23.1 Å². The molecule has 5 rings (SSSR count). The van der Waals surface area contributed by atoms with Gasteiger partial charge in [-0.1, -0.05) is 19.3 Å². The fourth-order valence-corrected chi connectivity index (χ4v) is 4.92. The lowest BCUT2D eigenvalue weighted by atomic mass is 9.89. The summed E-state index contributed by atoms with van der Waals surface area (Å²) < 4.78 is 45.0. The number of fused-ring (bicyclic) bond motifs is 1. The smallest absolute Gasteiger partial charge is 0.251 e. The number of anilines is 1. The number of carbonyl (C=O) groups excluding carboxylic acids is 1. The molecule has 4 heterocycles. The first kappa shape index (κ1) is 23.6. The molecule has 1 aliphatic carbocycles. The lowest BCUT2D eigenvalue weighted by Gasteiger charge is -2.28. The van der Waals surface area contributed by atoms with Crippen molar-refractivity contribution in [2.24, 2.45) is 5.92 Å². The van der Waals surface area contributed by atoms with E-state index in [9.17, 15) is 18.0 Å². The van der Waals surface area contributed by atoms with Crippen LogP contribution < -0.4 is 16.0 Å². The van der Waals surface area contributed by atoms with Crippen molar-refractivity contribution < 1.29 is 18.0 Å². The summed E-state index contributed by atoms with van der Waals surface area (Å²) >= 11 is 0. The van der Waals surface area contributed by atoms with Crippen molar-refractivity contribution >= 4 is 17.4 Å². The van der Waals surface area contributed by atoms with Gasteiger partial charge in [0.2, 0.25) is 0 Å². The number of amides is 1. The lowest BCUT2D eigenvalue weighted by Crippen LogP contribution is -2.46. The van der Waals surface area contributed by atoms with Crippen LogP contribution in [0.15, 0.2) is 30.6 Å². The summed E-state index contributed by atoms with van der Waals surface area (Å²) in [6, 6.07) is 3.33. The second-order valence-corrected chi connectivity index (χ2v) is 9.41. The number of aromatic nitrogens is 3. The molecule has 1 aliphatic heterocycles. The summed E-state index contributed by atoms with van der Waals surface area (Å²) in [5.41, 5.74) is 1.08. The molecule has 0 unspecified atom stereocenters. The number of pyridine rings is 2. The molecule has 35 heavy (non-hydrogen) atoms. The Morgan fingerprint density at radius 2 is 1.97 bits per heavy atom. The summed E-state index contributed by atoms with van der Waals surface area (Å²) in [6.45, 7) is 1.52. The Kier molecular flexibility index (Phi) is 6.90. The number of hydrogen-bond donors (Lipinski definition) is 3. The van der Waals surface area contributed by atoms with Gasteiger partial charge in [0.15, 0.2) is 17.5 Å². The maximum absolute atomic E-state index is 14.7. The first-order valence-electron chi connectivity index (χ1n) is 12.2. The van der Waals surface area contributed by atoms with Crippen LogP contribution in [0.2, 0.25) is 0 Å². The Bertz CT molecular complexity index is 1210. The van der Waals surface area contributed by atoms with Crippen molar-refractivity contribution in [3.05, 3.63) is 47.8 Å². The van der Waals surface area contributed by atoms with Gasteiger partial charge in [0, 0.05) is 30.9 Å². The fraction of sp³-hybridized carbons (Fsp3) is 0.480. The molecule has 1 amide bonds. The Hall–Kier alpha value is -3.14. The van der Waals surface area contributed by atoms with E-state index in [2.05, 4.69) is 25.9 Å². The third kappa shape index (κ3) is 5.12. The molecular formula is C25H29F3N6O. The van der Waals surface area contributed by atoms with Gasteiger partial charge >= 0.3 is 0 Å². The zero-order chi connectivity index (χ0) is 24.4. The lowest BCUT2D eigenvalue weighted by molar-refractivity contribution is 0.0943. The minimum absolute atomic E-state index is 0.116. The summed E-state index contributed by atoms with van der Waals surface area (Å²) in [4.78, 5) is 21.1. The van der Waals surface area contributed by atoms with Gasteiger partial charge in [-0.3, -0.25) is 9.20 Å². The van der Waals surface area contributed by atoms with Crippen molar-refractivity contribution in [2.45, 2.75) is 50.7 Å². The van der Waals surface area contributed by atoms with Gasteiger partial charge in [0.25, 0.3) is 5.91 Å². The molecule has 10 heteroatoms. The van der Waals surface area contributed by atoms with E-state index in [1.54, 1.807) is 22.7 Å². The number of imidazole rings is 1. The molecule has 3 aromatic rings. The van der Waals surface area contributed by atoms with Crippen molar-refractivity contribution in [3.8, 4) is 11.4 Å². The number of alkyl halides is 1.